The van der Waals surface area contributed by atoms with Gasteiger partial charge in [0.15, 0.2) is 6.29 Å². The zero-order valence-corrected chi connectivity index (χ0v) is 11.7. The van der Waals surface area contributed by atoms with Gasteiger partial charge in [-0.2, -0.15) is 0 Å². The zero-order chi connectivity index (χ0) is 12.7. The van der Waals surface area contributed by atoms with Crippen molar-refractivity contribution in [2.45, 2.75) is 6.29 Å². The molecule has 1 aromatic carbocycles. The molecule has 0 aliphatic heterocycles. The predicted molar refractivity (Wildman–Crippen MR) is 71.0 cm³/mol. The Hall–Kier alpha value is -0.910. The molecule has 94 valence electrons. The summed E-state index contributed by atoms with van der Waals surface area (Å²) in [6.45, 7) is 0.455. The number of hydrogen-bond acceptors (Lipinski definition) is 4. The third-order valence-corrected chi connectivity index (χ3v) is 3.07. The highest BCUT2D eigenvalue weighted by Crippen LogP contribution is 2.27. The van der Waals surface area contributed by atoms with Crippen LogP contribution in [-0.2, 0) is 9.47 Å². The van der Waals surface area contributed by atoms with E-state index in [9.17, 15) is 0 Å². The van der Waals surface area contributed by atoms with Crippen LogP contribution in [0.4, 0.5) is 0 Å². The van der Waals surface area contributed by atoms with Crippen LogP contribution < -0.4 is 4.74 Å². The first-order chi connectivity index (χ1) is 8.22. The van der Waals surface area contributed by atoms with Crippen molar-refractivity contribution in [3.8, 4) is 5.75 Å². The number of benzene rings is 1. The molecule has 1 aromatic rings. The van der Waals surface area contributed by atoms with E-state index in [0.29, 0.717) is 6.54 Å². The van der Waals surface area contributed by atoms with Crippen LogP contribution in [0.2, 0.25) is 0 Å². The summed E-state index contributed by atoms with van der Waals surface area (Å²) in [6, 6.07) is 5.74. The van der Waals surface area contributed by atoms with Crippen LogP contribution in [0.1, 0.15) is 5.56 Å². The van der Waals surface area contributed by atoms with Crippen molar-refractivity contribution < 1.29 is 14.2 Å². The number of hydrogen-bond donors (Lipinski definition) is 0. The van der Waals surface area contributed by atoms with Gasteiger partial charge in [0.05, 0.1) is 18.1 Å². The molecule has 0 N–H and O–H groups in total. The topological polar surface area (TPSA) is 40.0 Å². The fourth-order valence-corrected chi connectivity index (χ4v) is 1.80. The average molecular weight is 302 g/mol. The molecule has 5 heteroatoms. The van der Waals surface area contributed by atoms with Gasteiger partial charge in [0.25, 0.3) is 0 Å². The van der Waals surface area contributed by atoms with E-state index in [0.717, 1.165) is 15.8 Å². The Morgan fingerprint density at radius 1 is 1.29 bits per heavy atom. The molecule has 0 unspecified atom stereocenters. The Kier molecular flexibility index (Phi) is 6.18. The normalized spacial score (nSPS) is 11.4. The molecule has 4 nitrogen and oxygen atoms in total. The minimum atomic E-state index is -0.310. The molecule has 0 spiro atoms. The standard InChI is InChI=1S/C12H16BrNO3/c1-15-10-6-4-5-9(12(10)13)7-14-8-11(16-2)17-3/h4-7,11H,8H2,1-3H3. The molecular formula is C12H16BrNO3. The molecule has 0 bridgehead atoms. The van der Waals surface area contributed by atoms with E-state index in [-0.39, 0.29) is 6.29 Å². The molecule has 0 aliphatic rings. The van der Waals surface area contributed by atoms with E-state index >= 15 is 0 Å². The molecule has 17 heavy (non-hydrogen) atoms. The van der Waals surface area contributed by atoms with Gasteiger partial charge >= 0.3 is 0 Å². The first-order valence-electron chi connectivity index (χ1n) is 5.10. The smallest absolute Gasteiger partial charge is 0.176 e. The lowest BCUT2D eigenvalue weighted by molar-refractivity contribution is -0.0936. The van der Waals surface area contributed by atoms with Crippen molar-refractivity contribution in [3.63, 3.8) is 0 Å². The zero-order valence-electron chi connectivity index (χ0n) is 10.1. The fraction of sp³-hybridized carbons (Fsp3) is 0.417. The molecule has 0 saturated heterocycles. The third-order valence-electron chi connectivity index (χ3n) is 2.22. The summed E-state index contributed by atoms with van der Waals surface area (Å²) >= 11 is 3.46. The van der Waals surface area contributed by atoms with Crippen LogP contribution in [0.15, 0.2) is 27.7 Å². The lowest BCUT2D eigenvalue weighted by Gasteiger charge is -2.09. The van der Waals surface area contributed by atoms with E-state index in [1.807, 2.05) is 18.2 Å². The van der Waals surface area contributed by atoms with Crippen molar-refractivity contribution in [1.82, 2.24) is 0 Å². The van der Waals surface area contributed by atoms with Crippen LogP contribution >= 0.6 is 15.9 Å². The highest BCUT2D eigenvalue weighted by Gasteiger charge is 2.05. The second-order valence-corrected chi connectivity index (χ2v) is 4.05. The number of methoxy groups -OCH3 is 3. The highest BCUT2D eigenvalue weighted by molar-refractivity contribution is 9.10. The molecule has 1 rings (SSSR count). The summed E-state index contributed by atoms with van der Waals surface area (Å²) in [4.78, 5) is 4.26. The van der Waals surface area contributed by atoms with Gasteiger partial charge in [-0.25, -0.2) is 0 Å². The Morgan fingerprint density at radius 3 is 2.59 bits per heavy atom. The van der Waals surface area contributed by atoms with Gasteiger partial charge < -0.3 is 14.2 Å². The summed E-state index contributed by atoms with van der Waals surface area (Å²) in [5.41, 5.74) is 0.954. The molecule has 0 aliphatic carbocycles. The Morgan fingerprint density at radius 2 is 2.00 bits per heavy atom. The number of halogens is 1. The number of aliphatic imine (C=N–C) groups is 1. The Bertz CT molecular complexity index is 378. The molecule has 0 saturated carbocycles. The van der Waals surface area contributed by atoms with Crippen molar-refractivity contribution in [1.29, 1.82) is 0 Å². The van der Waals surface area contributed by atoms with Crippen molar-refractivity contribution >= 4 is 22.1 Å². The van der Waals surface area contributed by atoms with Gasteiger partial charge in [-0.3, -0.25) is 4.99 Å². The minimum Gasteiger partial charge on any atom is -0.496 e. The fourth-order valence-electron chi connectivity index (χ4n) is 1.27. The SMILES string of the molecule is COc1cccc(C=NCC(OC)OC)c1Br. The monoisotopic (exact) mass is 301 g/mol. The lowest BCUT2D eigenvalue weighted by atomic mass is 10.2. The molecule has 0 atom stereocenters. The van der Waals surface area contributed by atoms with Crippen LogP contribution in [0.5, 0.6) is 5.75 Å². The largest absolute Gasteiger partial charge is 0.496 e. The van der Waals surface area contributed by atoms with Crippen molar-refractivity contribution in [3.05, 3.63) is 28.2 Å². The van der Waals surface area contributed by atoms with Gasteiger partial charge in [0.1, 0.15) is 5.75 Å². The van der Waals surface area contributed by atoms with Gasteiger partial charge in [0, 0.05) is 26.0 Å². The first kappa shape index (κ1) is 14.2. The van der Waals surface area contributed by atoms with E-state index in [1.165, 1.54) is 0 Å². The van der Waals surface area contributed by atoms with Gasteiger partial charge in [-0.05, 0) is 22.0 Å². The maximum Gasteiger partial charge on any atom is 0.176 e. The summed E-state index contributed by atoms with van der Waals surface area (Å²) in [5, 5.41) is 0. The van der Waals surface area contributed by atoms with E-state index in [1.54, 1.807) is 27.5 Å². The van der Waals surface area contributed by atoms with Gasteiger partial charge in [0.2, 0.25) is 0 Å². The van der Waals surface area contributed by atoms with Crippen molar-refractivity contribution in [2.24, 2.45) is 4.99 Å². The van der Waals surface area contributed by atoms with Gasteiger partial charge in [-0.1, -0.05) is 12.1 Å². The Balaban J connectivity index is 2.71. The number of nitrogens with zero attached hydrogens (tertiary/aromatic N) is 1. The predicted octanol–water partition coefficient (Wildman–Crippen LogP) is 2.50. The number of rotatable bonds is 6. The molecule has 0 fully saturated rings. The minimum absolute atomic E-state index is 0.310. The van der Waals surface area contributed by atoms with Crippen molar-refractivity contribution in [2.75, 3.05) is 27.9 Å². The highest BCUT2D eigenvalue weighted by atomic mass is 79.9. The summed E-state index contributed by atoms with van der Waals surface area (Å²) in [7, 11) is 4.81. The van der Waals surface area contributed by atoms with E-state index in [4.69, 9.17) is 14.2 Å². The maximum absolute atomic E-state index is 5.20. The van der Waals surface area contributed by atoms with Crippen LogP contribution in [0, 0.1) is 0 Å². The summed E-state index contributed by atoms with van der Waals surface area (Å²) in [5.74, 6) is 0.781. The quantitative estimate of drug-likeness (QED) is 0.599. The molecule has 0 radical (unpaired) electrons. The second-order valence-electron chi connectivity index (χ2n) is 3.26. The van der Waals surface area contributed by atoms with Gasteiger partial charge in [-0.15, -0.1) is 0 Å². The number of ether oxygens (including phenoxy) is 3. The molecular weight excluding hydrogens is 286 g/mol. The molecule has 0 amide bonds. The van der Waals surface area contributed by atoms with Crippen LogP contribution in [0.3, 0.4) is 0 Å². The second kappa shape index (κ2) is 7.42. The average Bonchev–Trinajstić information content (AvgIpc) is 2.36. The van der Waals surface area contributed by atoms with Crippen LogP contribution in [-0.4, -0.2) is 40.4 Å². The lowest BCUT2D eigenvalue weighted by Crippen LogP contribution is -2.16. The Labute approximate surface area is 110 Å². The van der Waals surface area contributed by atoms with Crippen LogP contribution in [0.25, 0.3) is 0 Å². The van der Waals surface area contributed by atoms with E-state index < -0.39 is 0 Å². The summed E-state index contributed by atoms with van der Waals surface area (Å²) in [6.07, 6.45) is 1.45. The van der Waals surface area contributed by atoms with E-state index in [2.05, 4.69) is 20.9 Å². The molecule has 0 aromatic heterocycles. The summed E-state index contributed by atoms with van der Waals surface area (Å²) < 4.78 is 16.2. The maximum atomic E-state index is 5.20. The first-order valence-corrected chi connectivity index (χ1v) is 5.90. The third kappa shape index (κ3) is 4.11. The molecule has 0 heterocycles.